The molecule has 12 unspecified atom stereocenters. The van der Waals surface area contributed by atoms with Gasteiger partial charge in [0.25, 0.3) is 0 Å². The summed E-state index contributed by atoms with van der Waals surface area (Å²) in [6.07, 6.45) is 5.39. The molecule has 0 aromatic heterocycles. The summed E-state index contributed by atoms with van der Waals surface area (Å²) in [6, 6.07) is 0.300. The molecule has 0 fully saturated rings. The second-order valence-corrected chi connectivity index (χ2v) is 34.1. The Morgan fingerprint density at radius 3 is 0.283 bits per heavy atom. The zero-order valence-electron chi connectivity index (χ0n) is 79.6. The van der Waals surface area contributed by atoms with Gasteiger partial charge in [0.2, 0.25) is 0 Å². The molecule has 0 bridgehead atoms. The molecule has 12 atom stereocenters. The predicted octanol–water partition coefficient (Wildman–Crippen LogP) is 0.514. The summed E-state index contributed by atoms with van der Waals surface area (Å²) >= 11 is 0. The van der Waals surface area contributed by atoms with E-state index >= 15 is 0 Å². The molecule has 0 heterocycles. The van der Waals surface area contributed by atoms with Crippen LogP contribution in [0.2, 0.25) is 0 Å². The van der Waals surface area contributed by atoms with E-state index in [1.807, 2.05) is 83.1 Å². The van der Waals surface area contributed by atoms with E-state index in [1.54, 1.807) is 0 Å². The Labute approximate surface area is 730 Å². The molecule has 0 aromatic carbocycles. The molecule has 0 rings (SSSR count). The Morgan fingerprint density at radius 2 is 0.225 bits per heavy atom. The molecule has 0 radical (unpaired) electrons. The summed E-state index contributed by atoms with van der Waals surface area (Å²) in [4.78, 5) is 0. The quantitative estimate of drug-likeness (QED) is 0.0369. The maximum Gasteiger partial charge on any atom is 0.0615 e. The van der Waals surface area contributed by atoms with Gasteiger partial charge in [-0.05, 0) is 122 Å². The molecule has 0 saturated heterocycles. The zero-order chi connectivity index (χ0) is 92.6. The average Bonchev–Trinajstić information content (AvgIpc) is 0.891. The van der Waals surface area contributed by atoms with Gasteiger partial charge in [-0.2, -0.15) is 0 Å². The molecule has 36 N–H and O–H groups in total. The van der Waals surface area contributed by atoms with Crippen molar-refractivity contribution in [1.82, 2.24) is 0 Å². The Kier molecular flexibility index (Phi) is 92.3. The van der Waals surface area contributed by atoms with Gasteiger partial charge in [-0.25, -0.2) is 0 Å². The van der Waals surface area contributed by atoms with Gasteiger partial charge in [0.15, 0.2) is 0 Å². The van der Waals surface area contributed by atoms with Crippen molar-refractivity contribution in [2.24, 2.45) is 136 Å². The minimum Gasteiger partial charge on any atom is -0.379 e. The van der Waals surface area contributed by atoms with E-state index in [1.165, 1.54) is 0 Å². The van der Waals surface area contributed by atoms with Gasteiger partial charge in [-0.15, -0.1) is 0 Å². The van der Waals surface area contributed by atoms with Gasteiger partial charge in [0.1, 0.15) is 0 Å². The predicted molar refractivity (Wildman–Crippen MR) is 489 cm³/mol. The summed E-state index contributed by atoms with van der Waals surface area (Å²) in [5, 5.41) is 0. The molecule has 0 aliphatic carbocycles. The highest BCUT2D eigenvalue weighted by atomic mass is 16.5. The van der Waals surface area contributed by atoms with Crippen LogP contribution in [0.1, 0.15) is 163 Å². The number of ether oxygens (including phenoxy) is 18. The summed E-state index contributed by atoms with van der Waals surface area (Å²) in [7, 11) is 0. The lowest BCUT2D eigenvalue weighted by molar-refractivity contribution is -0.0750. The van der Waals surface area contributed by atoms with Crippen molar-refractivity contribution in [3.05, 3.63) is 0 Å². The second kappa shape index (κ2) is 85.6. The molecule has 36 nitrogen and oxygen atoms in total. The van der Waals surface area contributed by atoms with E-state index in [4.69, 9.17) is 188 Å². The lowest BCUT2D eigenvalue weighted by Crippen LogP contribution is -2.40. The van der Waals surface area contributed by atoms with E-state index in [9.17, 15) is 0 Å². The lowest BCUT2D eigenvalue weighted by atomic mass is 9.88. The van der Waals surface area contributed by atoms with Crippen LogP contribution in [-0.4, -0.2) is 350 Å². The van der Waals surface area contributed by atoms with Crippen LogP contribution in [-0.2, 0) is 85.3 Å². The maximum atomic E-state index is 5.72. The van der Waals surface area contributed by atoms with Crippen LogP contribution in [0.25, 0.3) is 0 Å². The van der Waals surface area contributed by atoms with E-state index in [0.717, 1.165) is 38.5 Å². The van der Waals surface area contributed by atoms with Crippen molar-refractivity contribution in [1.29, 1.82) is 0 Å². The minimum atomic E-state index is -0.182. The van der Waals surface area contributed by atoms with E-state index in [-0.39, 0.29) is 105 Å². The van der Waals surface area contributed by atoms with Crippen LogP contribution in [0.4, 0.5) is 0 Å². The van der Waals surface area contributed by atoms with Crippen molar-refractivity contribution in [3.8, 4) is 0 Å². The topological polar surface area (TPSA) is 634 Å². The number of rotatable bonds is 78. The fourth-order valence-corrected chi connectivity index (χ4v) is 10.4. The highest BCUT2D eigenvalue weighted by Crippen LogP contribution is 2.29. The van der Waals surface area contributed by atoms with Crippen molar-refractivity contribution < 1.29 is 85.3 Å². The smallest absolute Gasteiger partial charge is 0.0615 e. The fourth-order valence-electron chi connectivity index (χ4n) is 10.4. The molecule has 0 saturated carbocycles. The molecule has 0 amide bonds. The molecule has 0 aliphatic rings. The number of nitrogens with two attached hydrogens (primary N) is 18. The first-order chi connectivity index (χ1) is 56.7. The summed E-state index contributed by atoms with van der Waals surface area (Å²) in [6.45, 7) is 58.7. The first-order valence-electron chi connectivity index (χ1n) is 44.4. The average molecular weight is 1750 g/mol. The molecular weight excluding hydrogens is 1550 g/mol. The Hall–Kier alpha value is -1.44. The third kappa shape index (κ3) is 83.5. The Morgan fingerprint density at radius 1 is 0.150 bits per heavy atom. The first kappa shape index (κ1) is 129. The van der Waals surface area contributed by atoms with Crippen molar-refractivity contribution in [2.45, 2.75) is 236 Å². The molecule has 0 aliphatic heterocycles. The largest absolute Gasteiger partial charge is 0.379 e. The highest BCUT2D eigenvalue weighted by Gasteiger charge is 2.36. The van der Waals surface area contributed by atoms with Gasteiger partial charge < -0.3 is 188 Å². The fraction of sp³-hybridized carbons (Fsp3) is 1.00. The third-order valence-electron chi connectivity index (χ3n) is 18.0. The van der Waals surface area contributed by atoms with E-state index in [2.05, 4.69) is 41.5 Å². The molecule has 120 heavy (non-hydrogen) atoms. The van der Waals surface area contributed by atoms with Crippen LogP contribution in [0.3, 0.4) is 0 Å². The standard InChI is InChI=1S/3C15H35N3O3.3C13H31N3O3/c3*1-5-15(9-19-6-12(2)16,10-20-7-13(3)17)11-21-8-14(4)18;3*1-3-13(9-17-6-4-14,10-18-7-5-15)11-19-8-12(2)16/h3*12-14H,5-11,16-18H2,1-4H3;3*12H,3-11,14-16H2,1-2H3. The van der Waals surface area contributed by atoms with Crippen LogP contribution >= 0.6 is 0 Å². The van der Waals surface area contributed by atoms with Crippen molar-refractivity contribution >= 4 is 0 Å². The maximum absolute atomic E-state index is 5.72. The SMILES string of the molecule is CCC(COCC(C)N)(COCC(C)N)COCC(C)N.CCC(COCC(C)N)(COCC(C)N)COCC(C)N.CCC(COCC(C)N)(COCC(C)N)COCC(C)N.CCC(COCCN)(COCCN)COCC(C)N.CCC(COCCN)(COCCN)COCC(C)N.CCC(COCCN)(COCCN)COCC(C)N. The summed E-state index contributed by atoms with van der Waals surface area (Å²) in [5.41, 5.74) is 100. The Bertz CT molecular complexity index is 1710. The lowest BCUT2D eigenvalue weighted by Gasteiger charge is -2.33. The van der Waals surface area contributed by atoms with Gasteiger partial charge in [0, 0.05) is 144 Å². The summed E-state index contributed by atoms with van der Waals surface area (Å²) in [5.74, 6) is 0. The monoisotopic (exact) mass is 1750 g/mol. The Balaban J connectivity index is -0.000000325. The van der Waals surface area contributed by atoms with E-state index in [0.29, 0.717) is 277 Å². The van der Waals surface area contributed by atoms with Crippen LogP contribution in [0.5, 0.6) is 0 Å². The molecule has 732 valence electrons. The number of hydrogen-bond acceptors (Lipinski definition) is 36. The second-order valence-electron chi connectivity index (χ2n) is 34.1. The molecule has 0 aromatic rings. The molecular formula is C84H198N18O18. The van der Waals surface area contributed by atoms with Gasteiger partial charge in [-0.3, -0.25) is 0 Å². The van der Waals surface area contributed by atoms with Crippen LogP contribution in [0, 0.1) is 32.5 Å². The summed E-state index contributed by atoms with van der Waals surface area (Å²) < 4.78 is 102. The minimum absolute atomic E-state index is 0.0227. The third-order valence-corrected chi connectivity index (χ3v) is 18.0. The van der Waals surface area contributed by atoms with E-state index < -0.39 is 0 Å². The van der Waals surface area contributed by atoms with Gasteiger partial charge >= 0.3 is 0 Å². The first-order valence-corrected chi connectivity index (χ1v) is 44.4. The normalized spacial score (nSPS) is 16.5. The number of hydrogen-bond donors (Lipinski definition) is 18. The molecule has 36 heteroatoms. The van der Waals surface area contributed by atoms with Crippen LogP contribution < -0.4 is 103 Å². The highest BCUT2D eigenvalue weighted by molar-refractivity contribution is 4.84. The van der Waals surface area contributed by atoms with Crippen LogP contribution in [0.15, 0.2) is 0 Å². The van der Waals surface area contributed by atoms with Crippen molar-refractivity contribution in [2.75, 3.05) is 277 Å². The zero-order valence-corrected chi connectivity index (χ0v) is 79.6. The van der Waals surface area contributed by atoms with Gasteiger partial charge in [-0.1, -0.05) is 41.5 Å². The van der Waals surface area contributed by atoms with Gasteiger partial charge in [0.05, 0.1) is 238 Å². The van der Waals surface area contributed by atoms with Crippen molar-refractivity contribution in [3.63, 3.8) is 0 Å². The molecule has 0 spiro atoms.